The van der Waals surface area contributed by atoms with E-state index in [0.29, 0.717) is 19.0 Å². The molecule has 0 radical (unpaired) electrons. The van der Waals surface area contributed by atoms with Gasteiger partial charge < -0.3 is 15.2 Å². The summed E-state index contributed by atoms with van der Waals surface area (Å²) in [5, 5.41) is 12.0. The monoisotopic (exact) mass is 256 g/mol. The normalized spacial score (nSPS) is 26.4. The van der Waals surface area contributed by atoms with Gasteiger partial charge in [-0.2, -0.15) is 0 Å². The Labute approximate surface area is 108 Å². The number of amides is 1. The number of aliphatic hydroxyl groups excluding tert-OH is 1. The number of aliphatic hydroxyl groups is 1. The van der Waals surface area contributed by atoms with Crippen molar-refractivity contribution >= 4 is 5.91 Å². The minimum Gasteiger partial charge on any atom is -0.396 e. The Morgan fingerprint density at radius 1 is 1.33 bits per heavy atom. The molecule has 1 atom stereocenters. The van der Waals surface area contributed by atoms with Crippen molar-refractivity contribution < 1.29 is 14.6 Å². The minimum absolute atomic E-state index is 0.0907. The molecule has 0 bridgehead atoms. The van der Waals surface area contributed by atoms with Crippen LogP contribution in [0.2, 0.25) is 0 Å². The number of nitrogens with zero attached hydrogens (tertiary/aromatic N) is 1. The third-order valence-electron chi connectivity index (χ3n) is 3.88. The third-order valence-corrected chi connectivity index (χ3v) is 3.88. The van der Waals surface area contributed by atoms with E-state index in [2.05, 4.69) is 10.2 Å². The molecule has 18 heavy (non-hydrogen) atoms. The number of likely N-dealkylation sites (tertiary alicyclic amines) is 1. The van der Waals surface area contributed by atoms with Crippen LogP contribution in [0.15, 0.2) is 0 Å². The van der Waals surface area contributed by atoms with Crippen molar-refractivity contribution in [2.24, 2.45) is 5.92 Å². The first-order chi connectivity index (χ1) is 8.78. The van der Waals surface area contributed by atoms with Gasteiger partial charge in [-0.05, 0) is 44.7 Å². The maximum absolute atomic E-state index is 11.8. The molecule has 5 nitrogen and oxygen atoms in total. The van der Waals surface area contributed by atoms with Gasteiger partial charge in [0.1, 0.15) is 0 Å². The predicted octanol–water partition coefficient (Wildman–Crippen LogP) is -0.0141. The molecule has 2 N–H and O–H groups in total. The second-order valence-electron chi connectivity index (χ2n) is 5.34. The number of nitrogens with one attached hydrogen (secondary N) is 1. The average Bonchev–Trinajstić information content (AvgIpc) is 2.90. The molecule has 0 aromatic rings. The van der Waals surface area contributed by atoms with E-state index in [1.165, 1.54) is 0 Å². The van der Waals surface area contributed by atoms with Gasteiger partial charge >= 0.3 is 0 Å². The van der Waals surface area contributed by atoms with Crippen molar-refractivity contribution in [2.45, 2.75) is 31.8 Å². The molecule has 104 valence electrons. The highest BCUT2D eigenvalue weighted by Gasteiger charge is 2.21. The topological polar surface area (TPSA) is 61.8 Å². The van der Waals surface area contributed by atoms with Crippen molar-refractivity contribution in [2.75, 3.05) is 39.4 Å². The lowest BCUT2D eigenvalue weighted by Gasteiger charge is -2.30. The fourth-order valence-corrected chi connectivity index (χ4v) is 2.62. The van der Waals surface area contributed by atoms with E-state index in [1.54, 1.807) is 0 Å². The summed E-state index contributed by atoms with van der Waals surface area (Å²) in [4.78, 5) is 13.9. The number of hydrogen-bond donors (Lipinski definition) is 2. The quantitative estimate of drug-likeness (QED) is 0.726. The van der Waals surface area contributed by atoms with Crippen LogP contribution in [-0.4, -0.2) is 61.4 Å². The van der Waals surface area contributed by atoms with Gasteiger partial charge in [0.25, 0.3) is 0 Å². The van der Waals surface area contributed by atoms with Crippen molar-refractivity contribution in [1.82, 2.24) is 10.2 Å². The number of piperidine rings is 1. The Morgan fingerprint density at radius 2 is 2.11 bits per heavy atom. The lowest BCUT2D eigenvalue weighted by molar-refractivity contribution is -0.123. The van der Waals surface area contributed by atoms with Crippen molar-refractivity contribution in [1.29, 1.82) is 0 Å². The van der Waals surface area contributed by atoms with Crippen molar-refractivity contribution in [3.63, 3.8) is 0 Å². The Bertz CT molecular complexity index is 259. The summed E-state index contributed by atoms with van der Waals surface area (Å²) in [5.41, 5.74) is 0. The van der Waals surface area contributed by atoms with Crippen LogP contribution >= 0.6 is 0 Å². The number of hydrogen-bond acceptors (Lipinski definition) is 4. The fraction of sp³-hybridized carbons (Fsp3) is 0.923. The predicted molar refractivity (Wildman–Crippen MR) is 68.2 cm³/mol. The first kappa shape index (κ1) is 13.8. The van der Waals surface area contributed by atoms with Crippen molar-refractivity contribution in [3.8, 4) is 0 Å². The van der Waals surface area contributed by atoms with Gasteiger partial charge in [-0.25, -0.2) is 0 Å². The Kier molecular flexibility index (Phi) is 5.41. The van der Waals surface area contributed by atoms with Gasteiger partial charge in [0.15, 0.2) is 0 Å². The molecule has 2 aliphatic rings. The molecular weight excluding hydrogens is 232 g/mol. The lowest BCUT2D eigenvalue weighted by Crippen LogP contribution is -2.43. The summed E-state index contributed by atoms with van der Waals surface area (Å²) in [7, 11) is 0. The molecule has 0 aromatic heterocycles. The standard InChI is InChI=1S/C13H24N2O3/c16-10-11-3-5-15(6-4-11)9-13(17)14-8-12-2-1-7-18-12/h11-12,16H,1-10H2,(H,14,17)/t12-/m0/s1. The maximum atomic E-state index is 11.8. The SMILES string of the molecule is O=C(CN1CCC(CO)CC1)NC[C@@H]1CCCO1. The van der Waals surface area contributed by atoms with Crippen molar-refractivity contribution in [3.05, 3.63) is 0 Å². The summed E-state index contributed by atoms with van der Waals surface area (Å²) in [6.07, 6.45) is 4.37. The van der Waals surface area contributed by atoms with Gasteiger partial charge in [0.2, 0.25) is 5.91 Å². The van der Waals surface area contributed by atoms with Crippen LogP contribution in [0.1, 0.15) is 25.7 Å². The Balaban J connectivity index is 1.59. The molecule has 0 spiro atoms. The highest BCUT2D eigenvalue weighted by Crippen LogP contribution is 2.15. The smallest absolute Gasteiger partial charge is 0.234 e. The van der Waals surface area contributed by atoms with Gasteiger partial charge in [0.05, 0.1) is 12.6 Å². The maximum Gasteiger partial charge on any atom is 0.234 e. The van der Waals surface area contributed by atoms with Gasteiger partial charge in [-0.15, -0.1) is 0 Å². The first-order valence-corrected chi connectivity index (χ1v) is 6.99. The molecule has 0 aromatic carbocycles. The molecule has 2 heterocycles. The van der Waals surface area contributed by atoms with E-state index in [9.17, 15) is 4.79 Å². The Morgan fingerprint density at radius 3 is 2.72 bits per heavy atom. The second-order valence-corrected chi connectivity index (χ2v) is 5.34. The van der Waals surface area contributed by atoms with Crippen LogP contribution in [0.4, 0.5) is 0 Å². The molecule has 2 rings (SSSR count). The zero-order valence-corrected chi connectivity index (χ0v) is 10.9. The van der Waals surface area contributed by atoms with E-state index in [0.717, 1.165) is 45.4 Å². The molecule has 0 saturated carbocycles. The lowest BCUT2D eigenvalue weighted by atomic mass is 9.98. The summed E-state index contributed by atoms with van der Waals surface area (Å²) in [5.74, 6) is 0.518. The molecule has 2 fully saturated rings. The minimum atomic E-state index is 0.0907. The molecule has 5 heteroatoms. The molecular formula is C13H24N2O3. The molecule has 0 aliphatic carbocycles. The van der Waals surface area contributed by atoms with E-state index in [4.69, 9.17) is 9.84 Å². The number of rotatable bonds is 5. The van der Waals surface area contributed by atoms with E-state index in [-0.39, 0.29) is 18.6 Å². The van der Waals surface area contributed by atoms with Crippen LogP contribution in [0.5, 0.6) is 0 Å². The summed E-state index contributed by atoms with van der Waals surface area (Å²) < 4.78 is 5.47. The van der Waals surface area contributed by atoms with E-state index in [1.807, 2.05) is 0 Å². The summed E-state index contributed by atoms with van der Waals surface area (Å²) in [6.45, 7) is 4.06. The fourth-order valence-electron chi connectivity index (χ4n) is 2.62. The number of ether oxygens (including phenoxy) is 1. The summed E-state index contributed by atoms with van der Waals surface area (Å²) >= 11 is 0. The van der Waals surface area contributed by atoms with Gasteiger partial charge in [-0.3, -0.25) is 9.69 Å². The third kappa shape index (κ3) is 4.23. The van der Waals surface area contributed by atoms with Crippen LogP contribution in [0.3, 0.4) is 0 Å². The zero-order chi connectivity index (χ0) is 12.8. The highest BCUT2D eigenvalue weighted by atomic mass is 16.5. The van der Waals surface area contributed by atoms with Gasteiger partial charge in [-0.1, -0.05) is 0 Å². The van der Waals surface area contributed by atoms with Crippen LogP contribution in [0, 0.1) is 5.92 Å². The average molecular weight is 256 g/mol. The molecule has 1 amide bonds. The largest absolute Gasteiger partial charge is 0.396 e. The van der Waals surface area contributed by atoms with Crippen LogP contribution in [-0.2, 0) is 9.53 Å². The first-order valence-electron chi connectivity index (χ1n) is 6.99. The molecule has 2 saturated heterocycles. The number of carbonyl (C=O) groups is 1. The van der Waals surface area contributed by atoms with E-state index < -0.39 is 0 Å². The van der Waals surface area contributed by atoms with Crippen LogP contribution < -0.4 is 5.32 Å². The van der Waals surface area contributed by atoms with Gasteiger partial charge in [0, 0.05) is 19.8 Å². The molecule has 2 aliphatic heterocycles. The van der Waals surface area contributed by atoms with E-state index >= 15 is 0 Å². The molecule has 0 unspecified atom stereocenters. The second kappa shape index (κ2) is 7.07. The van der Waals surface area contributed by atoms with Crippen LogP contribution in [0.25, 0.3) is 0 Å². The highest BCUT2D eigenvalue weighted by molar-refractivity contribution is 5.78. The number of carbonyl (C=O) groups excluding carboxylic acids is 1. The Hall–Kier alpha value is -0.650. The zero-order valence-electron chi connectivity index (χ0n) is 10.9. The summed E-state index contributed by atoms with van der Waals surface area (Å²) in [6, 6.07) is 0.